The van der Waals surface area contributed by atoms with E-state index in [4.69, 9.17) is 0 Å². The summed E-state index contributed by atoms with van der Waals surface area (Å²) < 4.78 is 0. The summed E-state index contributed by atoms with van der Waals surface area (Å²) in [6, 6.07) is 0.765. The van der Waals surface area contributed by atoms with E-state index in [1.807, 2.05) is 0 Å². The Morgan fingerprint density at radius 1 is 0.875 bits per heavy atom. The van der Waals surface area contributed by atoms with Crippen LogP contribution >= 0.6 is 0 Å². The van der Waals surface area contributed by atoms with Gasteiger partial charge >= 0.3 is 0 Å². The summed E-state index contributed by atoms with van der Waals surface area (Å²) in [6.07, 6.45) is 8.34. The normalized spacial score (nSPS) is 13.7. The maximum Gasteiger partial charge on any atom is 0.00641 e. The lowest BCUT2D eigenvalue weighted by Gasteiger charge is -2.26. The van der Waals surface area contributed by atoms with Crippen LogP contribution in [0.1, 0.15) is 73.1 Å². The van der Waals surface area contributed by atoms with Gasteiger partial charge in [-0.05, 0) is 38.8 Å². The predicted molar refractivity (Wildman–Crippen MR) is 74.9 cm³/mol. The number of unbranched alkanes of at least 4 members (excludes halogenated alkanes) is 3. The Kier molecular flexibility index (Phi) is 10.1. The minimum atomic E-state index is 0.765. The molecule has 0 saturated carbocycles. The van der Waals surface area contributed by atoms with E-state index >= 15 is 0 Å². The number of hydrogen-bond donors (Lipinski definition) is 0. The van der Waals surface area contributed by atoms with Crippen molar-refractivity contribution < 1.29 is 0 Å². The van der Waals surface area contributed by atoms with Crippen molar-refractivity contribution in [3.8, 4) is 0 Å². The molecule has 0 aliphatic rings. The van der Waals surface area contributed by atoms with Gasteiger partial charge in [-0.15, -0.1) is 0 Å². The van der Waals surface area contributed by atoms with Crippen LogP contribution in [0.25, 0.3) is 0 Å². The number of nitrogens with zero attached hydrogens (tertiary/aromatic N) is 1. The topological polar surface area (TPSA) is 3.24 Å². The van der Waals surface area contributed by atoms with Crippen molar-refractivity contribution in [1.29, 1.82) is 0 Å². The van der Waals surface area contributed by atoms with Crippen molar-refractivity contribution >= 4 is 0 Å². The quantitative estimate of drug-likeness (QED) is 0.488. The van der Waals surface area contributed by atoms with E-state index in [1.165, 1.54) is 51.6 Å². The smallest absolute Gasteiger partial charge is 0.00641 e. The summed E-state index contributed by atoms with van der Waals surface area (Å²) >= 11 is 0. The highest BCUT2D eigenvalue weighted by Gasteiger charge is 2.08. The van der Waals surface area contributed by atoms with Crippen molar-refractivity contribution in [2.75, 3.05) is 13.1 Å². The molecule has 0 aliphatic heterocycles. The molecule has 0 heterocycles. The first-order valence-electron chi connectivity index (χ1n) is 7.35. The third-order valence-electron chi connectivity index (χ3n) is 3.60. The van der Waals surface area contributed by atoms with Gasteiger partial charge in [0.1, 0.15) is 0 Å². The Morgan fingerprint density at radius 3 is 2.00 bits per heavy atom. The average molecular weight is 227 g/mol. The van der Waals surface area contributed by atoms with Crippen molar-refractivity contribution in [3.63, 3.8) is 0 Å². The van der Waals surface area contributed by atoms with E-state index in [9.17, 15) is 0 Å². The Labute approximate surface area is 104 Å². The van der Waals surface area contributed by atoms with Crippen LogP contribution in [0.5, 0.6) is 0 Å². The molecule has 16 heavy (non-hydrogen) atoms. The minimum absolute atomic E-state index is 0.765. The van der Waals surface area contributed by atoms with E-state index in [1.54, 1.807) is 0 Å². The molecule has 0 saturated heterocycles. The second kappa shape index (κ2) is 10.1. The zero-order valence-corrected chi connectivity index (χ0v) is 12.3. The van der Waals surface area contributed by atoms with Gasteiger partial charge in [-0.25, -0.2) is 0 Å². The van der Waals surface area contributed by atoms with E-state index < -0.39 is 0 Å². The molecular weight excluding hydrogens is 194 g/mol. The number of hydrogen-bond acceptors (Lipinski definition) is 1. The van der Waals surface area contributed by atoms with Crippen molar-refractivity contribution in [3.05, 3.63) is 0 Å². The molecule has 0 bridgehead atoms. The van der Waals surface area contributed by atoms with Crippen molar-refractivity contribution in [1.82, 2.24) is 4.90 Å². The Hall–Kier alpha value is -0.0400. The molecule has 1 atom stereocenters. The predicted octanol–water partition coefficient (Wildman–Crippen LogP) is 4.71. The van der Waals surface area contributed by atoms with Gasteiger partial charge in [-0.2, -0.15) is 0 Å². The molecule has 1 unspecified atom stereocenters. The average Bonchev–Trinajstić information content (AvgIpc) is 2.27. The fourth-order valence-corrected chi connectivity index (χ4v) is 2.17. The highest BCUT2D eigenvalue weighted by atomic mass is 15.1. The summed E-state index contributed by atoms with van der Waals surface area (Å²) in [5, 5.41) is 0. The van der Waals surface area contributed by atoms with E-state index in [0.717, 1.165) is 12.0 Å². The summed E-state index contributed by atoms with van der Waals surface area (Å²) in [5.74, 6) is 0.882. The standard InChI is InChI=1S/C15H33N/c1-6-15(5)16(7-2)13-11-9-8-10-12-14(3)4/h14-15H,6-13H2,1-5H3. The van der Waals surface area contributed by atoms with Gasteiger partial charge in [-0.1, -0.05) is 53.4 Å². The molecule has 1 nitrogen and oxygen atoms in total. The molecule has 0 radical (unpaired) electrons. The summed E-state index contributed by atoms with van der Waals surface area (Å²) in [6.45, 7) is 14.1. The number of rotatable bonds is 10. The first kappa shape index (κ1) is 16.0. The van der Waals surface area contributed by atoms with Crippen LogP contribution in [-0.2, 0) is 0 Å². The monoisotopic (exact) mass is 227 g/mol. The van der Waals surface area contributed by atoms with Crippen molar-refractivity contribution in [2.24, 2.45) is 5.92 Å². The summed E-state index contributed by atoms with van der Waals surface area (Å²) in [7, 11) is 0. The SMILES string of the molecule is CCC(C)N(CC)CCCCCCC(C)C. The second-order valence-electron chi connectivity index (χ2n) is 5.48. The largest absolute Gasteiger partial charge is 0.301 e. The molecule has 0 aliphatic carbocycles. The fraction of sp³-hybridized carbons (Fsp3) is 1.00. The molecule has 1 heteroatoms. The molecule has 0 spiro atoms. The fourth-order valence-electron chi connectivity index (χ4n) is 2.17. The van der Waals surface area contributed by atoms with Crippen LogP contribution in [0.15, 0.2) is 0 Å². The van der Waals surface area contributed by atoms with Gasteiger partial charge < -0.3 is 4.90 Å². The maximum absolute atomic E-state index is 2.61. The molecule has 0 N–H and O–H groups in total. The lowest BCUT2D eigenvalue weighted by atomic mass is 10.0. The van der Waals surface area contributed by atoms with Gasteiger partial charge in [0.05, 0.1) is 0 Å². The first-order chi connectivity index (χ1) is 7.61. The van der Waals surface area contributed by atoms with E-state index in [2.05, 4.69) is 39.5 Å². The van der Waals surface area contributed by atoms with Gasteiger partial charge in [0, 0.05) is 6.04 Å². The Bertz CT molecular complexity index is 142. The molecule has 98 valence electrons. The highest BCUT2D eigenvalue weighted by molar-refractivity contribution is 4.64. The van der Waals surface area contributed by atoms with Crippen molar-refractivity contribution in [2.45, 2.75) is 79.2 Å². The molecule has 0 aromatic rings. The first-order valence-corrected chi connectivity index (χ1v) is 7.35. The van der Waals surface area contributed by atoms with Gasteiger partial charge in [-0.3, -0.25) is 0 Å². The zero-order chi connectivity index (χ0) is 12.4. The lowest BCUT2D eigenvalue weighted by molar-refractivity contribution is 0.210. The zero-order valence-electron chi connectivity index (χ0n) is 12.3. The van der Waals surface area contributed by atoms with Gasteiger partial charge in [0.2, 0.25) is 0 Å². The summed E-state index contributed by atoms with van der Waals surface area (Å²) in [4.78, 5) is 2.61. The summed E-state index contributed by atoms with van der Waals surface area (Å²) in [5.41, 5.74) is 0. The maximum atomic E-state index is 2.61. The van der Waals surface area contributed by atoms with Gasteiger partial charge in [0.15, 0.2) is 0 Å². The Morgan fingerprint density at radius 2 is 1.50 bits per heavy atom. The van der Waals surface area contributed by atoms with Crippen LogP contribution in [0.4, 0.5) is 0 Å². The Balaban J connectivity index is 3.41. The third-order valence-corrected chi connectivity index (χ3v) is 3.60. The molecule has 0 aromatic carbocycles. The molecular formula is C15H33N. The van der Waals surface area contributed by atoms with Crippen LogP contribution in [0.3, 0.4) is 0 Å². The van der Waals surface area contributed by atoms with Crippen LogP contribution < -0.4 is 0 Å². The van der Waals surface area contributed by atoms with E-state index in [0.29, 0.717) is 0 Å². The lowest BCUT2D eigenvalue weighted by Crippen LogP contribution is -2.33. The molecule has 0 amide bonds. The van der Waals surface area contributed by atoms with Crippen LogP contribution in [0, 0.1) is 5.92 Å². The molecule has 0 rings (SSSR count). The van der Waals surface area contributed by atoms with Gasteiger partial charge in [0.25, 0.3) is 0 Å². The molecule has 0 fully saturated rings. The highest BCUT2D eigenvalue weighted by Crippen LogP contribution is 2.11. The molecule has 0 aromatic heterocycles. The van der Waals surface area contributed by atoms with Crippen LogP contribution in [0.2, 0.25) is 0 Å². The minimum Gasteiger partial charge on any atom is -0.301 e. The van der Waals surface area contributed by atoms with E-state index in [-0.39, 0.29) is 0 Å². The second-order valence-corrected chi connectivity index (χ2v) is 5.48. The third kappa shape index (κ3) is 8.15. The van der Waals surface area contributed by atoms with Crippen LogP contribution in [-0.4, -0.2) is 24.0 Å².